The molecule has 4 nitrogen and oxygen atoms in total. The number of ether oxygens (including phenoxy) is 1. The van der Waals surface area contributed by atoms with Crippen LogP contribution >= 0.6 is 0 Å². The predicted molar refractivity (Wildman–Crippen MR) is 78.6 cm³/mol. The molecule has 2 aliphatic heterocycles. The van der Waals surface area contributed by atoms with E-state index >= 15 is 0 Å². The van der Waals surface area contributed by atoms with Crippen molar-refractivity contribution in [1.82, 2.24) is 4.90 Å². The van der Waals surface area contributed by atoms with Crippen molar-refractivity contribution in [3.63, 3.8) is 0 Å². The number of aryl methyl sites for hydroxylation is 1. The Balaban J connectivity index is 1.56. The van der Waals surface area contributed by atoms with Crippen molar-refractivity contribution in [3.8, 4) is 0 Å². The van der Waals surface area contributed by atoms with Crippen molar-refractivity contribution >= 4 is 11.9 Å². The summed E-state index contributed by atoms with van der Waals surface area (Å²) in [5.41, 5.74) is 0.794. The molecule has 1 atom stereocenters. The van der Waals surface area contributed by atoms with Gasteiger partial charge < -0.3 is 9.64 Å². The molecule has 0 saturated carbocycles. The number of rotatable bonds is 3. The smallest absolute Gasteiger partial charge is 0.306 e. The van der Waals surface area contributed by atoms with E-state index in [1.165, 1.54) is 5.56 Å². The van der Waals surface area contributed by atoms with Crippen LogP contribution in [0.25, 0.3) is 0 Å². The normalized spacial score (nSPS) is 25.1. The number of esters is 1. The number of carbonyl (C=O) groups excluding carboxylic acids is 2. The van der Waals surface area contributed by atoms with Gasteiger partial charge in [0.25, 0.3) is 0 Å². The molecule has 1 spiro atoms. The highest BCUT2D eigenvalue weighted by atomic mass is 16.6. The molecule has 0 unspecified atom stereocenters. The van der Waals surface area contributed by atoms with Crippen molar-refractivity contribution in [2.45, 2.75) is 44.1 Å². The van der Waals surface area contributed by atoms with E-state index in [0.29, 0.717) is 19.4 Å². The van der Waals surface area contributed by atoms with E-state index in [9.17, 15) is 9.59 Å². The second-order valence-corrected chi connectivity index (χ2v) is 6.06. The maximum atomic E-state index is 12.4. The largest absolute Gasteiger partial charge is 0.457 e. The molecular formula is C17H21NO3. The summed E-state index contributed by atoms with van der Waals surface area (Å²) in [6.45, 7) is 1.36. The first-order valence-corrected chi connectivity index (χ1v) is 7.70. The zero-order valence-electron chi connectivity index (χ0n) is 12.2. The van der Waals surface area contributed by atoms with E-state index in [4.69, 9.17) is 4.74 Å². The highest BCUT2D eigenvalue weighted by Crippen LogP contribution is 2.35. The van der Waals surface area contributed by atoms with E-state index in [2.05, 4.69) is 0 Å². The predicted octanol–water partition coefficient (Wildman–Crippen LogP) is 2.32. The lowest BCUT2D eigenvalue weighted by Gasteiger charge is -2.39. The Bertz CT molecular complexity index is 528. The molecule has 0 radical (unpaired) electrons. The fraction of sp³-hybridized carbons (Fsp3) is 0.529. The second kappa shape index (κ2) is 5.88. The van der Waals surface area contributed by atoms with E-state index in [-0.39, 0.29) is 11.9 Å². The van der Waals surface area contributed by atoms with Crippen LogP contribution in [0.1, 0.15) is 37.7 Å². The molecule has 112 valence electrons. The zero-order chi connectivity index (χ0) is 14.7. The zero-order valence-corrected chi connectivity index (χ0v) is 12.2. The number of likely N-dealkylation sites (tertiary alicyclic amines) is 1. The van der Waals surface area contributed by atoms with Gasteiger partial charge in [-0.3, -0.25) is 9.59 Å². The highest BCUT2D eigenvalue weighted by Gasteiger charge is 2.44. The Morgan fingerprint density at radius 1 is 1.24 bits per heavy atom. The van der Waals surface area contributed by atoms with Crippen LogP contribution < -0.4 is 0 Å². The summed E-state index contributed by atoms with van der Waals surface area (Å²) in [6, 6.07) is 10.1. The Kier molecular flexibility index (Phi) is 3.95. The van der Waals surface area contributed by atoms with E-state index in [1.807, 2.05) is 35.2 Å². The van der Waals surface area contributed by atoms with Gasteiger partial charge in [-0.1, -0.05) is 30.3 Å². The highest BCUT2D eigenvalue weighted by molar-refractivity contribution is 5.77. The van der Waals surface area contributed by atoms with E-state index in [0.717, 1.165) is 32.2 Å². The standard InChI is InChI=1S/C17H21NO3/c19-15(8-7-14-5-2-1-3-6-14)18-12-4-10-17(13-18)11-9-16(20)21-17/h1-3,5-6H,4,7-13H2/t17-/m1/s1. The number of hydrogen-bond acceptors (Lipinski definition) is 3. The molecule has 0 bridgehead atoms. The van der Waals surface area contributed by atoms with Gasteiger partial charge in [0.05, 0.1) is 6.54 Å². The number of hydrogen-bond donors (Lipinski definition) is 0. The van der Waals surface area contributed by atoms with Gasteiger partial charge in [-0.05, 0) is 31.2 Å². The number of benzene rings is 1. The molecule has 1 aromatic rings. The molecule has 0 aliphatic carbocycles. The van der Waals surface area contributed by atoms with Crippen LogP contribution in [0, 0.1) is 0 Å². The summed E-state index contributed by atoms with van der Waals surface area (Å²) in [5, 5.41) is 0. The van der Waals surface area contributed by atoms with Crippen LogP contribution in [0.4, 0.5) is 0 Å². The Hall–Kier alpha value is -1.84. The first-order chi connectivity index (χ1) is 10.2. The minimum atomic E-state index is -0.391. The summed E-state index contributed by atoms with van der Waals surface area (Å²) in [5.74, 6) is 0.0504. The van der Waals surface area contributed by atoms with Gasteiger partial charge in [0.2, 0.25) is 5.91 Å². The van der Waals surface area contributed by atoms with Gasteiger partial charge in [0, 0.05) is 19.4 Å². The molecule has 3 rings (SSSR count). The average Bonchev–Trinajstić information content (AvgIpc) is 2.86. The molecule has 21 heavy (non-hydrogen) atoms. The van der Waals surface area contributed by atoms with Crippen LogP contribution in [0.2, 0.25) is 0 Å². The van der Waals surface area contributed by atoms with Gasteiger partial charge in [0.15, 0.2) is 0 Å². The third-order valence-electron chi connectivity index (χ3n) is 4.48. The van der Waals surface area contributed by atoms with Crippen molar-refractivity contribution in [1.29, 1.82) is 0 Å². The number of amides is 1. The molecule has 0 N–H and O–H groups in total. The molecule has 2 aliphatic rings. The first kappa shape index (κ1) is 14.1. The van der Waals surface area contributed by atoms with Gasteiger partial charge in [-0.15, -0.1) is 0 Å². The minimum Gasteiger partial charge on any atom is -0.457 e. The van der Waals surface area contributed by atoms with Crippen molar-refractivity contribution < 1.29 is 14.3 Å². The molecule has 0 aromatic heterocycles. The maximum absolute atomic E-state index is 12.4. The third kappa shape index (κ3) is 3.26. The van der Waals surface area contributed by atoms with Gasteiger partial charge in [-0.2, -0.15) is 0 Å². The SMILES string of the molecule is O=C1CC[C@@]2(CCCN(C(=O)CCc3ccccc3)C2)O1. The molecule has 2 saturated heterocycles. The summed E-state index contributed by atoms with van der Waals surface area (Å²) in [4.78, 5) is 25.6. The number of carbonyl (C=O) groups is 2. The van der Waals surface area contributed by atoms with Crippen LogP contribution in [0.15, 0.2) is 30.3 Å². The summed E-state index contributed by atoms with van der Waals surface area (Å²) in [6.07, 6.45) is 4.35. The first-order valence-electron chi connectivity index (χ1n) is 7.70. The lowest BCUT2D eigenvalue weighted by Crippen LogP contribution is -2.50. The number of nitrogens with zero attached hydrogens (tertiary/aromatic N) is 1. The van der Waals surface area contributed by atoms with Gasteiger partial charge in [-0.25, -0.2) is 0 Å². The molecule has 1 amide bonds. The fourth-order valence-electron chi connectivity index (χ4n) is 3.33. The van der Waals surface area contributed by atoms with Crippen molar-refractivity contribution in [2.24, 2.45) is 0 Å². The fourth-order valence-corrected chi connectivity index (χ4v) is 3.33. The molecule has 4 heteroatoms. The van der Waals surface area contributed by atoms with E-state index < -0.39 is 5.60 Å². The molecule has 2 heterocycles. The second-order valence-electron chi connectivity index (χ2n) is 6.06. The van der Waals surface area contributed by atoms with Gasteiger partial charge in [0.1, 0.15) is 5.60 Å². The van der Waals surface area contributed by atoms with Crippen LogP contribution in [-0.2, 0) is 20.7 Å². The van der Waals surface area contributed by atoms with Gasteiger partial charge >= 0.3 is 5.97 Å². The quantitative estimate of drug-likeness (QED) is 0.802. The van der Waals surface area contributed by atoms with Crippen LogP contribution in [-0.4, -0.2) is 35.5 Å². The summed E-state index contributed by atoms with van der Waals surface area (Å²) in [7, 11) is 0. The Morgan fingerprint density at radius 3 is 2.76 bits per heavy atom. The van der Waals surface area contributed by atoms with E-state index in [1.54, 1.807) is 0 Å². The monoisotopic (exact) mass is 287 g/mol. The third-order valence-corrected chi connectivity index (χ3v) is 4.48. The lowest BCUT2D eigenvalue weighted by atomic mass is 9.90. The topological polar surface area (TPSA) is 46.6 Å². The average molecular weight is 287 g/mol. The Labute approximate surface area is 125 Å². The Morgan fingerprint density at radius 2 is 2.05 bits per heavy atom. The van der Waals surface area contributed by atoms with Crippen molar-refractivity contribution in [3.05, 3.63) is 35.9 Å². The number of piperidine rings is 1. The lowest BCUT2D eigenvalue weighted by molar-refractivity contribution is -0.156. The molecular weight excluding hydrogens is 266 g/mol. The minimum absolute atomic E-state index is 0.117. The summed E-state index contributed by atoms with van der Waals surface area (Å²) >= 11 is 0. The van der Waals surface area contributed by atoms with Crippen molar-refractivity contribution in [2.75, 3.05) is 13.1 Å². The van der Waals surface area contributed by atoms with Crippen LogP contribution in [0.3, 0.4) is 0 Å². The molecule has 2 fully saturated rings. The summed E-state index contributed by atoms with van der Waals surface area (Å²) < 4.78 is 5.50. The maximum Gasteiger partial charge on any atom is 0.306 e. The van der Waals surface area contributed by atoms with Crippen LogP contribution in [0.5, 0.6) is 0 Å². The molecule has 1 aromatic carbocycles.